The molecule has 0 unspecified atom stereocenters. The van der Waals surface area contributed by atoms with Crippen molar-refractivity contribution in [3.63, 3.8) is 0 Å². The zero-order chi connectivity index (χ0) is 21.8. The van der Waals surface area contributed by atoms with Gasteiger partial charge in [0, 0.05) is 42.7 Å². The molecule has 0 aromatic heterocycles. The van der Waals surface area contributed by atoms with Gasteiger partial charge in [0.1, 0.15) is 0 Å². The number of carbonyl (C=O) groups excluding carboxylic acids is 3. The van der Waals surface area contributed by atoms with Crippen molar-refractivity contribution in [1.29, 1.82) is 0 Å². The molecule has 0 aliphatic carbocycles. The van der Waals surface area contributed by atoms with Gasteiger partial charge in [-0.05, 0) is 55.0 Å². The monoisotopic (exact) mass is 412 g/mol. The van der Waals surface area contributed by atoms with Crippen LogP contribution in [0.2, 0.25) is 0 Å². The Morgan fingerprint density at radius 1 is 0.833 bits per heavy atom. The van der Waals surface area contributed by atoms with Gasteiger partial charge in [0.15, 0.2) is 0 Å². The van der Waals surface area contributed by atoms with E-state index in [-0.39, 0.29) is 24.3 Å². The molecule has 0 atom stereocenters. The molecule has 0 radical (unpaired) electrons. The Hall–Kier alpha value is -3.39. The van der Waals surface area contributed by atoms with Gasteiger partial charge in [0.05, 0.1) is 13.2 Å². The normalized spacial score (nSPS) is 10.2. The molecule has 2 aromatic carbocycles. The van der Waals surface area contributed by atoms with E-state index in [4.69, 9.17) is 4.74 Å². The average molecular weight is 412 g/mol. The molecule has 0 spiro atoms. The lowest BCUT2D eigenvalue weighted by Gasteiger charge is -2.10. The number of hydrogen-bond donors (Lipinski definition) is 4. The van der Waals surface area contributed by atoms with E-state index in [9.17, 15) is 14.4 Å². The molecule has 8 nitrogen and oxygen atoms in total. The van der Waals surface area contributed by atoms with Crippen LogP contribution in [0.25, 0.3) is 0 Å². The SMILES string of the molecule is CCCC(=O)Nc1ccc(NC(=O)CNc2ccc(C(=O)NCCOC)cc2)cc1. The lowest BCUT2D eigenvalue weighted by molar-refractivity contribution is -0.116. The van der Waals surface area contributed by atoms with Gasteiger partial charge < -0.3 is 26.0 Å². The van der Waals surface area contributed by atoms with E-state index in [1.165, 1.54) is 0 Å². The Bertz CT molecular complexity index is 835. The third-order valence-corrected chi connectivity index (χ3v) is 4.12. The quantitative estimate of drug-likeness (QED) is 0.425. The Labute approximate surface area is 176 Å². The molecule has 2 rings (SSSR count). The third-order valence-electron chi connectivity index (χ3n) is 4.12. The van der Waals surface area contributed by atoms with Crippen LogP contribution in [0.5, 0.6) is 0 Å². The Balaban J connectivity index is 1.77. The Kier molecular flexibility index (Phi) is 9.33. The molecule has 0 aliphatic rings. The van der Waals surface area contributed by atoms with Crippen molar-refractivity contribution in [2.75, 3.05) is 42.8 Å². The predicted octanol–water partition coefficient (Wildman–Crippen LogP) is 2.85. The van der Waals surface area contributed by atoms with Gasteiger partial charge in [-0.25, -0.2) is 0 Å². The van der Waals surface area contributed by atoms with Gasteiger partial charge in [-0.15, -0.1) is 0 Å². The topological polar surface area (TPSA) is 109 Å². The molecule has 4 N–H and O–H groups in total. The summed E-state index contributed by atoms with van der Waals surface area (Å²) >= 11 is 0. The van der Waals surface area contributed by atoms with Gasteiger partial charge in [0.25, 0.3) is 5.91 Å². The molecule has 0 saturated carbocycles. The first-order chi connectivity index (χ1) is 14.5. The summed E-state index contributed by atoms with van der Waals surface area (Å²) in [5.41, 5.74) is 2.59. The minimum Gasteiger partial charge on any atom is -0.383 e. The van der Waals surface area contributed by atoms with E-state index in [1.807, 2.05) is 6.92 Å². The van der Waals surface area contributed by atoms with Crippen molar-refractivity contribution >= 4 is 34.8 Å². The van der Waals surface area contributed by atoms with Crippen LogP contribution in [0.15, 0.2) is 48.5 Å². The summed E-state index contributed by atoms with van der Waals surface area (Å²) < 4.78 is 4.89. The number of amides is 3. The third kappa shape index (κ3) is 7.92. The summed E-state index contributed by atoms with van der Waals surface area (Å²) in [6, 6.07) is 13.8. The van der Waals surface area contributed by atoms with E-state index < -0.39 is 0 Å². The number of anilines is 3. The lowest BCUT2D eigenvalue weighted by Crippen LogP contribution is -2.26. The second-order valence-electron chi connectivity index (χ2n) is 6.60. The first kappa shape index (κ1) is 22.9. The predicted molar refractivity (Wildman–Crippen MR) is 118 cm³/mol. The summed E-state index contributed by atoms with van der Waals surface area (Å²) in [6.07, 6.45) is 1.26. The fourth-order valence-corrected chi connectivity index (χ4v) is 2.58. The molecule has 3 amide bonds. The molecule has 0 bridgehead atoms. The van der Waals surface area contributed by atoms with Crippen LogP contribution in [0.1, 0.15) is 30.1 Å². The smallest absolute Gasteiger partial charge is 0.251 e. The summed E-state index contributed by atoms with van der Waals surface area (Å²) in [5, 5.41) is 11.3. The summed E-state index contributed by atoms with van der Waals surface area (Å²) in [4.78, 5) is 35.7. The van der Waals surface area contributed by atoms with Crippen molar-refractivity contribution in [2.24, 2.45) is 0 Å². The maximum absolute atomic E-state index is 12.1. The first-order valence-electron chi connectivity index (χ1n) is 9.82. The van der Waals surface area contributed by atoms with Crippen LogP contribution in [-0.4, -0.2) is 44.5 Å². The number of ether oxygens (including phenoxy) is 1. The minimum atomic E-state index is -0.209. The van der Waals surface area contributed by atoms with Gasteiger partial charge in [-0.2, -0.15) is 0 Å². The standard InChI is InChI=1S/C22H28N4O4/c1-3-4-20(27)25-18-9-11-19(12-10-18)26-21(28)15-24-17-7-5-16(6-8-17)22(29)23-13-14-30-2/h5-12,24H,3-4,13-15H2,1-2H3,(H,23,29)(H,25,27)(H,26,28). The highest BCUT2D eigenvalue weighted by Crippen LogP contribution is 2.14. The zero-order valence-electron chi connectivity index (χ0n) is 17.3. The number of methoxy groups -OCH3 is 1. The molecule has 30 heavy (non-hydrogen) atoms. The van der Waals surface area contributed by atoms with Crippen LogP contribution < -0.4 is 21.3 Å². The first-order valence-corrected chi connectivity index (χ1v) is 9.82. The van der Waals surface area contributed by atoms with Gasteiger partial charge >= 0.3 is 0 Å². The highest BCUT2D eigenvalue weighted by molar-refractivity contribution is 5.96. The number of rotatable bonds is 11. The molecular formula is C22H28N4O4. The van der Waals surface area contributed by atoms with Crippen molar-refractivity contribution in [2.45, 2.75) is 19.8 Å². The van der Waals surface area contributed by atoms with Crippen LogP contribution in [0.4, 0.5) is 17.1 Å². The van der Waals surface area contributed by atoms with Gasteiger partial charge in [0.2, 0.25) is 11.8 Å². The van der Waals surface area contributed by atoms with Crippen LogP contribution in [-0.2, 0) is 14.3 Å². The largest absolute Gasteiger partial charge is 0.383 e. The van der Waals surface area contributed by atoms with E-state index in [2.05, 4.69) is 21.3 Å². The van der Waals surface area contributed by atoms with Crippen molar-refractivity contribution in [3.8, 4) is 0 Å². The molecule has 0 saturated heterocycles. The number of hydrogen-bond acceptors (Lipinski definition) is 5. The van der Waals surface area contributed by atoms with Crippen molar-refractivity contribution < 1.29 is 19.1 Å². The number of carbonyl (C=O) groups is 3. The fraction of sp³-hybridized carbons (Fsp3) is 0.318. The van der Waals surface area contributed by atoms with Crippen molar-refractivity contribution in [1.82, 2.24) is 5.32 Å². The molecule has 2 aromatic rings. The molecule has 160 valence electrons. The summed E-state index contributed by atoms with van der Waals surface area (Å²) in [6.45, 7) is 2.93. The maximum atomic E-state index is 12.1. The number of nitrogens with one attached hydrogen (secondary N) is 4. The summed E-state index contributed by atoms with van der Waals surface area (Å²) in [5.74, 6) is -0.415. The fourth-order valence-electron chi connectivity index (χ4n) is 2.58. The molecule has 0 fully saturated rings. The van der Waals surface area contributed by atoms with E-state index in [0.29, 0.717) is 36.5 Å². The molecule has 8 heteroatoms. The maximum Gasteiger partial charge on any atom is 0.251 e. The Morgan fingerprint density at radius 2 is 1.40 bits per heavy atom. The summed E-state index contributed by atoms with van der Waals surface area (Å²) in [7, 11) is 1.58. The second kappa shape index (κ2) is 12.2. The van der Waals surface area contributed by atoms with Crippen LogP contribution >= 0.6 is 0 Å². The van der Waals surface area contributed by atoms with E-state index in [1.54, 1.807) is 55.6 Å². The van der Waals surface area contributed by atoms with E-state index >= 15 is 0 Å². The van der Waals surface area contributed by atoms with Crippen LogP contribution in [0, 0.1) is 0 Å². The second-order valence-corrected chi connectivity index (χ2v) is 6.60. The van der Waals surface area contributed by atoms with Crippen LogP contribution in [0.3, 0.4) is 0 Å². The van der Waals surface area contributed by atoms with Crippen molar-refractivity contribution in [3.05, 3.63) is 54.1 Å². The average Bonchev–Trinajstić information content (AvgIpc) is 2.74. The van der Waals surface area contributed by atoms with Gasteiger partial charge in [-0.3, -0.25) is 14.4 Å². The van der Waals surface area contributed by atoms with E-state index in [0.717, 1.165) is 12.1 Å². The molecule has 0 aliphatic heterocycles. The Morgan fingerprint density at radius 3 is 1.97 bits per heavy atom. The highest BCUT2D eigenvalue weighted by atomic mass is 16.5. The van der Waals surface area contributed by atoms with Gasteiger partial charge in [-0.1, -0.05) is 6.92 Å². The molecule has 0 heterocycles. The lowest BCUT2D eigenvalue weighted by atomic mass is 10.2. The number of benzene rings is 2. The zero-order valence-corrected chi connectivity index (χ0v) is 17.3. The molecular weight excluding hydrogens is 384 g/mol. The highest BCUT2D eigenvalue weighted by Gasteiger charge is 2.06. The minimum absolute atomic E-state index is 0.0306.